The van der Waals surface area contributed by atoms with Crippen LogP contribution in [0.3, 0.4) is 0 Å². The van der Waals surface area contributed by atoms with Gasteiger partial charge < -0.3 is 0 Å². The molecule has 1 aliphatic rings. The SMILES string of the molecule is N#Cc1ccc(C2CC(c3ccc(Br)cc3)=NN2c2ccccc2)cc1. The minimum atomic E-state index is 0.115. The largest absolute Gasteiger partial charge is 0.257 e. The van der Waals surface area contributed by atoms with Gasteiger partial charge in [-0.2, -0.15) is 10.4 Å². The maximum Gasteiger partial charge on any atom is 0.0991 e. The van der Waals surface area contributed by atoms with Crippen molar-refractivity contribution < 1.29 is 0 Å². The Hall–Kier alpha value is -2.90. The molecule has 4 heteroatoms. The lowest BCUT2D eigenvalue weighted by molar-refractivity contribution is 0.709. The second-order valence-electron chi connectivity index (χ2n) is 6.19. The highest BCUT2D eigenvalue weighted by atomic mass is 79.9. The van der Waals surface area contributed by atoms with Crippen LogP contribution in [-0.2, 0) is 0 Å². The van der Waals surface area contributed by atoms with E-state index in [9.17, 15) is 0 Å². The Bertz CT molecular complexity index is 971. The molecule has 0 fully saturated rings. The van der Waals surface area contributed by atoms with Crippen molar-refractivity contribution in [3.05, 3.63) is 100 Å². The van der Waals surface area contributed by atoms with Crippen molar-refractivity contribution in [2.45, 2.75) is 12.5 Å². The van der Waals surface area contributed by atoms with Crippen LogP contribution in [0, 0.1) is 11.3 Å². The van der Waals surface area contributed by atoms with Gasteiger partial charge in [-0.05, 0) is 47.5 Å². The molecule has 0 N–H and O–H groups in total. The fraction of sp³-hybridized carbons (Fsp3) is 0.0909. The highest BCUT2D eigenvalue weighted by molar-refractivity contribution is 9.10. The third kappa shape index (κ3) is 3.26. The van der Waals surface area contributed by atoms with Gasteiger partial charge in [-0.3, -0.25) is 5.01 Å². The van der Waals surface area contributed by atoms with Crippen LogP contribution in [0.2, 0.25) is 0 Å². The van der Waals surface area contributed by atoms with E-state index in [4.69, 9.17) is 10.4 Å². The van der Waals surface area contributed by atoms with Crippen molar-refractivity contribution >= 4 is 27.3 Å². The maximum absolute atomic E-state index is 9.05. The van der Waals surface area contributed by atoms with E-state index in [-0.39, 0.29) is 6.04 Å². The third-order valence-corrected chi connectivity index (χ3v) is 5.06. The fourth-order valence-electron chi connectivity index (χ4n) is 3.19. The summed E-state index contributed by atoms with van der Waals surface area (Å²) in [6.07, 6.45) is 0.822. The normalized spacial score (nSPS) is 16.2. The van der Waals surface area contributed by atoms with E-state index < -0.39 is 0 Å². The molecule has 0 saturated carbocycles. The lowest BCUT2D eigenvalue weighted by Crippen LogP contribution is -2.18. The maximum atomic E-state index is 9.05. The summed E-state index contributed by atoms with van der Waals surface area (Å²) in [7, 11) is 0. The van der Waals surface area contributed by atoms with Gasteiger partial charge in [0.1, 0.15) is 0 Å². The molecule has 4 rings (SSSR count). The van der Waals surface area contributed by atoms with Crippen molar-refractivity contribution in [3.8, 4) is 6.07 Å². The van der Waals surface area contributed by atoms with Crippen molar-refractivity contribution in [1.82, 2.24) is 0 Å². The van der Waals surface area contributed by atoms with Gasteiger partial charge in [0.15, 0.2) is 0 Å². The van der Waals surface area contributed by atoms with Crippen LogP contribution in [0.1, 0.15) is 29.2 Å². The average molecular weight is 402 g/mol. The molecule has 0 spiro atoms. The standard InChI is InChI=1S/C22H16BrN3/c23-19-12-10-17(11-13-19)21-14-22(18-8-6-16(15-24)7-9-18)26(25-21)20-4-2-1-3-5-20/h1-13,22H,14H2. The molecule has 0 saturated heterocycles. The van der Waals surface area contributed by atoms with Crippen LogP contribution in [0.5, 0.6) is 0 Å². The Morgan fingerprint density at radius 2 is 1.62 bits per heavy atom. The summed E-state index contributed by atoms with van der Waals surface area (Å²) in [6, 6.07) is 28.6. The summed E-state index contributed by atoms with van der Waals surface area (Å²) < 4.78 is 1.06. The second-order valence-corrected chi connectivity index (χ2v) is 7.10. The summed E-state index contributed by atoms with van der Waals surface area (Å²) in [6.45, 7) is 0. The summed E-state index contributed by atoms with van der Waals surface area (Å²) in [5.41, 5.74) is 5.09. The van der Waals surface area contributed by atoms with Crippen LogP contribution in [-0.4, -0.2) is 5.71 Å². The first-order chi connectivity index (χ1) is 12.7. The summed E-state index contributed by atoms with van der Waals surface area (Å²) in [5.74, 6) is 0. The van der Waals surface area contributed by atoms with E-state index in [0.29, 0.717) is 5.56 Å². The zero-order valence-corrected chi connectivity index (χ0v) is 15.6. The highest BCUT2D eigenvalue weighted by Crippen LogP contribution is 2.36. The van der Waals surface area contributed by atoms with Gasteiger partial charge >= 0.3 is 0 Å². The van der Waals surface area contributed by atoms with Gasteiger partial charge in [0, 0.05) is 10.9 Å². The predicted octanol–water partition coefficient (Wildman–Crippen LogP) is 5.68. The number of halogens is 1. The van der Waals surface area contributed by atoms with Gasteiger partial charge in [-0.25, -0.2) is 0 Å². The van der Waals surface area contributed by atoms with E-state index in [1.54, 1.807) is 0 Å². The van der Waals surface area contributed by atoms with Gasteiger partial charge in [0.25, 0.3) is 0 Å². The first kappa shape index (κ1) is 16.6. The Morgan fingerprint density at radius 1 is 0.923 bits per heavy atom. The van der Waals surface area contributed by atoms with Crippen LogP contribution >= 0.6 is 15.9 Å². The number of hydrazone groups is 1. The molecule has 0 bridgehead atoms. The predicted molar refractivity (Wildman–Crippen MR) is 108 cm³/mol. The lowest BCUT2D eigenvalue weighted by atomic mass is 9.97. The molecule has 1 atom stereocenters. The van der Waals surface area contributed by atoms with E-state index in [1.165, 1.54) is 0 Å². The van der Waals surface area contributed by atoms with Crippen molar-refractivity contribution in [2.75, 3.05) is 5.01 Å². The highest BCUT2D eigenvalue weighted by Gasteiger charge is 2.29. The fourth-order valence-corrected chi connectivity index (χ4v) is 3.45. The third-order valence-electron chi connectivity index (χ3n) is 4.53. The molecule has 3 nitrogen and oxygen atoms in total. The number of nitrogens with zero attached hydrogens (tertiary/aromatic N) is 3. The minimum Gasteiger partial charge on any atom is -0.257 e. The van der Waals surface area contributed by atoms with Crippen LogP contribution in [0.25, 0.3) is 0 Å². The molecule has 0 aromatic heterocycles. The molecule has 3 aromatic carbocycles. The van der Waals surface area contributed by atoms with Gasteiger partial charge in [0.2, 0.25) is 0 Å². The van der Waals surface area contributed by atoms with Gasteiger partial charge in [0.05, 0.1) is 29.1 Å². The van der Waals surface area contributed by atoms with E-state index in [0.717, 1.165) is 33.4 Å². The van der Waals surface area contributed by atoms with Crippen molar-refractivity contribution in [3.63, 3.8) is 0 Å². The van der Waals surface area contributed by atoms with Crippen LogP contribution < -0.4 is 5.01 Å². The molecule has 26 heavy (non-hydrogen) atoms. The average Bonchev–Trinajstić information content (AvgIpc) is 3.15. The van der Waals surface area contributed by atoms with Crippen molar-refractivity contribution in [1.29, 1.82) is 5.26 Å². The Balaban J connectivity index is 1.73. The monoisotopic (exact) mass is 401 g/mol. The first-order valence-electron chi connectivity index (χ1n) is 8.42. The number of para-hydroxylation sites is 1. The summed E-state index contributed by atoms with van der Waals surface area (Å²) in [4.78, 5) is 0. The first-order valence-corrected chi connectivity index (χ1v) is 9.21. The van der Waals surface area contributed by atoms with E-state index >= 15 is 0 Å². The molecule has 1 unspecified atom stereocenters. The molecule has 1 aliphatic heterocycles. The lowest BCUT2D eigenvalue weighted by Gasteiger charge is -2.24. The number of nitriles is 1. The zero-order valence-electron chi connectivity index (χ0n) is 14.0. The number of benzene rings is 3. The molecule has 1 heterocycles. The second kappa shape index (κ2) is 7.15. The summed E-state index contributed by atoms with van der Waals surface area (Å²) >= 11 is 3.49. The Labute approximate surface area is 161 Å². The van der Waals surface area contributed by atoms with E-state index in [1.807, 2.05) is 54.6 Å². The summed E-state index contributed by atoms with van der Waals surface area (Å²) in [5, 5.41) is 16.1. The number of anilines is 1. The molecular weight excluding hydrogens is 386 g/mol. The van der Waals surface area contributed by atoms with Gasteiger partial charge in [-0.15, -0.1) is 0 Å². The molecule has 0 radical (unpaired) electrons. The molecule has 3 aromatic rings. The quantitative estimate of drug-likeness (QED) is 0.566. The topological polar surface area (TPSA) is 39.4 Å². The van der Waals surface area contributed by atoms with E-state index in [2.05, 4.69) is 51.3 Å². The molecule has 0 aliphatic carbocycles. The number of rotatable bonds is 3. The molecule has 0 amide bonds. The molecule has 126 valence electrons. The number of hydrogen-bond acceptors (Lipinski definition) is 3. The van der Waals surface area contributed by atoms with Gasteiger partial charge in [-0.1, -0.05) is 58.4 Å². The zero-order chi connectivity index (χ0) is 17.9. The number of hydrogen-bond donors (Lipinski definition) is 0. The Kier molecular flexibility index (Phi) is 4.55. The Morgan fingerprint density at radius 3 is 2.27 bits per heavy atom. The molecular formula is C22H16BrN3. The van der Waals surface area contributed by atoms with Crippen LogP contribution in [0.4, 0.5) is 5.69 Å². The van der Waals surface area contributed by atoms with Crippen LogP contribution in [0.15, 0.2) is 88.4 Å². The minimum absolute atomic E-state index is 0.115. The van der Waals surface area contributed by atoms with Crippen molar-refractivity contribution in [2.24, 2.45) is 5.10 Å². The smallest absolute Gasteiger partial charge is 0.0991 e.